The number of benzene rings is 1. The predicted molar refractivity (Wildman–Crippen MR) is 51.3 cm³/mol. The Kier molecular flexibility index (Phi) is 3.01. The van der Waals surface area contributed by atoms with Crippen LogP contribution >= 0.6 is 0 Å². The van der Waals surface area contributed by atoms with Gasteiger partial charge in [-0.15, -0.1) is 0 Å². The van der Waals surface area contributed by atoms with Gasteiger partial charge in [0.05, 0.1) is 5.84 Å². The summed E-state index contributed by atoms with van der Waals surface area (Å²) in [5, 5.41) is 7.12. The molecule has 0 fully saturated rings. The second-order valence-electron chi connectivity index (χ2n) is 3.18. The lowest BCUT2D eigenvalue weighted by molar-refractivity contribution is 0.626. The fraction of sp³-hybridized carbons (Fsp3) is 0.300. The first-order chi connectivity index (χ1) is 6.09. The average molecular weight is 180 g/mol. The first kappa shape index (κ1) is 9.71. The Balaban J connectivity index is 2.71. The molecule has 0 aliphatic carbocycles. The third-order valence-corrected chi connectivity index (χ3v) is 1.97. The van der Waals surface area contributed by atoms with Crippen molar-refractivity contribution in [1.29, 1.82) is 5.41 Å². The SMILES string of the molecule is CC(CC(=N)N)c1ccc(F)cc1. The van der Waals surface area contributed by atoms with Gasteiger partial charge >= 0.3 is 0 Å². The Hall–Kier alpha value is -1.38. The molecule has 1 atom stereocenters. The molecule has 1 aromatic carbocycles. The molecule has 0 aliphatic heterocycles. The second-order valence-corrected chi connectivity index (χ2v) is 3.18. The van der Waals surface area contributed by atoms with Crippen LogP contribution in [0.4, 0.5) is 4.39 Å². The molecule has 3 N–H and O–H groups in total. The van der Waals surface area contributed by atoms with E-state index in [1.165, 1.54) is 12.1 Å². The van der Waals surface area contributed by atoms with Gasteiger partial charge in [0, 0.05) is 6.42 Å². The van der Waals surface area contributed by atoms with E-state index in [2.05, 4.69) is 0 Å². The maximum absolute atomic E-state index is 12.5. The van der Waals surface area contributed by atoms with Gasteiger partial charge in [0.25, 0.3) is 0 Å². The number of hydrogen-bond donors (Lipinski definition) is 2. The molecular formula is C10H13FN2. The molecule has 1 aromatic rings. The standard InChI is InChI=1S/C10H13FN2/c1-7(6-10(12)13)8-2-4-9(11)5-3-8/h2-5,7H,6H2,1H3,(H3,12,13). The van der Waals surface area contributed by atoms with E-state index in [1.807, 2.05) is 6.92 Å². The predicted octanol–water partition coefficient (Wildman–Crippen LogP) is 2.26. The van der Waals surface area contributed by atoms with Crippen molar-refractivity contribution in [3.8, 4) is 0 Å². The maximum Gasteiger partial charge on any atom is 0.123 e. The van der Waals surface area contributed by atoms with Crippen LogP contribution in [-0.2, 0) is 0 Å². The topological polar surface area (TPSA) is 49.9 Å². The number of hydrogen-bond acceptors (Lipinski definition) is 1. The minimum atomic E-state index is -0.237. The van der Waals surface area contributed by atoms with E-state index >= 15 is 0 Å². The van der Waals surface area contributed by atoms with Crippen LogP contribution in [-0.4, -0.2) is 5.84 Å². The van der Waals surface area contributed by atoms with Gasteiger partial charge in [-0.1, -0.05) is 19.1 Å². The first-order valence-corrected chi connectivity index (χ1v) is 4.18. The minimum Gasteiger partial charge on any atom is -0.388 e. The monoisotopic (exact) mass is 180 g/mol. The molecule has 0 aliphatic rings. The fourth-order valence-electron chi connectivity index (χ4n) is 1.24. The summed E-state index contributed by atoms with van der Waals surface area (Å²) in [6, 6.07) is 6.30. The van der Waals surface area contributed by atoms with Crippen LogP contribution in [0, 0.1) is 11.2 Å². The molecule has 70 valence electrons. The van der Waals surface area contributed by atoms with E-state index < -0.39 is 0 Å². The lowest BCUT2D eigenvalue weighted by Gasteiger charge is -2.09. The molecule has 0 saturated heterocycles. The maximum atomic E-state index is 12.5. The molecule has 3 heteroatoms. The van der Waals surface area contributed by atoms with Gasteiger partial charge < -0.3 is 5.73 Å². The number of amidine groups is 1. The minimum absolute atomic E-state index is 0.164. The summed E-state index contributed by atoms with van der Waals surface area (Å²) in [4.78, 5) is 0. The molecule has 1 rings (SSSR count). The van der Waals surface area contributed by atoms with Gasteiger partial charge in [0.15, 0.2) is 0 Å². The van der Waals surface area contributed by atoms with E-state index in [0.29, 0.717) is 6.42 Å². The van der Waals surface area contributed by atoms with Crippen molar-refractivity contribution in [2.24, 2.45) is 5.73 Å². The van der Waals surface area contributed by atoms with E-state index in [4.69, 9.17) is 11.1 Å². The van der Waals surface area contributed by atoms with Crippen molar-refractivity contribution in [3.05, 3.63) is 35.6 Å². The highest BCUT2D eigenvalue weighted by molar-refractivity contribution is 5.77. The molecular weight excluding hydrogens is 167 g/mol. The number of halogens is 1. The third kappa shape index (κ3) is 2.86. The van der Waals surface area contributed by atoms with Crippen LogP contribution in [0.25, 0.3) is 0 Å². The van der Waals surface area contributed by atoms with Gasteiger partial charge in [0.1, 0.15) is 5.82 Å². The molecule has 0 bridgehead atoms. The molecule has 0 radical (unpaired) electrons. The van der Waals surface area contributed by atoms with E-state index in [1.54, 1.807) is 12.1 Å². The zero-order chi connectivity index (χ0) is 9.84. The largest absolute Gasteiger partial charge is 0.388 e. The highest BCUT2D eigenvalue weighted by Gasteiger charge is 2.06. The third-order valence-electron chi connectivity index (χ3n) is 1.97. The van der Waals surface area contributed by atoms with E-state index in [-0.39, 0.29) is 17.6 Å². The van der Waals surface area contributed by atoms with Crippen molar-refractivity contribution in [1.82, 2.24) is 0 Å². The first-order valence-electron chi connectivity index (χ1n) is 4.18. The van der Waals surface area contributed by atoms with Gasteiger partial charge in [-0.2, -0.15) is 0 Å². The summed E-state index contributed by atoms with van der Waals surface area (Å²) in [6.07, 6.45) is 0.519. The van der Waals surface area contributed by atoms with Crippen molar-refractivity contribution >= 4 is 5.84 Å². The summed E-state index contributed by atoms with van der Waals surface area (Å²) < 4.78 is 12.5. The fourth-order valence-corrected chi connectivity index (χ4v) is 1.24. The molecule has 13 heavy (non-hydrogen) atoms. The summed E-state index contributed by atoms with van der Waals surface area (Å²) in [5.74, 6) is 0.105. The molecule has 0 amide bonds. The summed E-state index contributed by atoms with van der Waals surface area (Å²) >= 11 is 0. The lowest BCUT2D eigenvalue weighted by Crippen LogP contribution is -2.12. The molecule has 0 heterocycles. The van der Waals surface area contributed by atoms with Crippen LogP contribution < -0.4 is 5.73 Å². The Morgan fingerprint density at radius 3 is 2.46 bits per heavy atom. The number of nitrogens with one attached hydrogen (secondary N) is 1. The van der Waals surface area contributed by atoms with E-state index in [0.717, 1.165) is 5.56 Å². The van der Waals surface area contributed by atoms with Gasteiger partial charge in [-0.25, -0.2) is 4.39 Å². The van der Waals surface area contributed by atoms with Crippen LogP contribution in [0.2, 0.25) is 0 Å². The summed E-state index contributed by atoms with van der Waals surface area (Å²) in [7, 11) is 0. The molecule has 2 nitrogen and oxygen atoms in total. The quantitative estimate of drug-likeness (QED) is 0.544. The van der Waals surface area contributed by atoms with Crippen LogP contribution in [0.1, 0.15) is 24.8 Å². The average Bonchev–Trinajstić information content (AvgIpc) is 2.04. The van der Waals surface area contributed by atoms with Crippen LogP contribution in [0.3, 0.4) is 0 Å². The van der Waals surface area contributed by atoms with Crippen molar-refractivity contribution in [2.75, 3.05) is 0 Å². The Labute approximate surface area is 77.1 Å². The smallest absolute Gasteiger partial charge is 0.123 e. The zero-order valence-electron chi connectivity index (χ0n) is 7.55. The second kappa shape index (κ2) is 4.03. The Bertz CT molecular complexity index is 292. The Morgan fingerprint density at radius 2 is 2.00 bits per heavy atom. The zero-order valence-corrected chi connectivity index (χ0v) is 7.55. The van der Waals surface area contributed by atoms with Gasteiger partial charge in [-0.05, 0) is 23.6 Å². The lowest BCUT2D eigenvalue weighted by atomic mass is 9.97. The summed E-state index contributed by atoms with van der Waals surface area (Å²) in [6.45, 7) is 1.97. The van der Waals surface area contributed by atoms with E-state index in [9.17, 15) is 4.39 Å². The molecule has 0 spiro atoms. The van der Waals surface area contributed by atoms with Crippen LogP contribution in [0.15, 0.2) is 24.3 Å². The molecule has 0 aromatic heterocycles. The van der Waals surface area contributed by atoms with Gasteiger partial charge in [-0.3, -0.25) is 5.41 Å². The summed E-state index contributed by atoms with van der Waals surface area (Å²) in [5.41, 5.74) is 6.28. The molecule has 1 unspecified atom stereocenters. The molecule has 0 saturated carbocycles. The van der Waals surface area contributed by atoms with Crippen molar-refractivity contribution in [2.45, 2.75) is 19.3 Å². The highest BCUT2D eigenvalue weighted by Crippen LogP contribution is 2.18. The number of nitrogens with two attached hydrogens (primary N) is 1. The van der Waals surface area contributed by atoms with Crippen LogP contribution in [0.5, 0.6) is 0 Å². The highest BCUT2D eigenvalue weighted by atomic mass is 19.1. The van der Waals surface area contributed by atoms with Gasteiger partial charge in [0.2, 0.25) is 0 Å². The normalized spacial score (nSPS) is 12.5. The number of rotatable bonds is 3. The van der Waals surface area contributed by atoms with Crippen molar-refractivity contribution in [3.63, 3.8) is 0 Å². The Morgan fingerprint density at radius 1 is 1.46 bits per heavy atom. The van der Waals surface area contributed by atoms with Crippen molar-refractivity contribution < 1.29 is 4.39 Å².